The number of hydrogen-bond acceptors (Lipinski definition) is 6. The number of rotatable bonds is 5. The second-order valence-corrected chi connectivity index (χ2v) is 8.40. The van der Waals surface area contributed by atoms with E-state index in [1.54, 1.807) is 12.1 Å². The normalized spacial score (nSPS) is 16.4. The van der Waals surface area contributed by atoms with Gasteiger partial charge in [-0.1, -0.05) is 36.1 Å². The molecule has 1 aliphatic rings. The first-order valence-corrected chi connectivity index (χ1v) is 10.4. The third-order valence-electron chi connectivity index (χ3n) is 4.55. The molecule has 32 heavy (non-hydrogen) atoms. The van der Waals surface area contributed by atoms with Crippen LogP contribution in [0.15, 0.2) is 47.4 Å². The van der Waals surface area contributed by atoms with E-state index in [0.717, 1.165) is 28.8 Å². The van der Waals surface area contributed by atoms with Gasteiger partial charge in [-0.3, -0.25) is 14.5 Å². The predicted molar refractivity (Wildman–Crippen MR) is 119 cm³/mol. The average molecular weight is 483 g/mol. The third kappa shape index (κ3) is 5.05. The third-order valence-corrected chi connectivity index (χ3v) is 5.88. The number of thioether (sulfide) groups is 1. The number of halogens is 3. The second kappa shape index (κ2) is 9.21. The monoisotopic (exact) mass is 482 g/mol. The highest BCUT2D eigenvalue weighted by atomic mass is 32.2. The zero-order valence-electron chi connectivity index (χ0n) is 16.8. The molecular formula is C21H17F3N2O4S2. The summed E-state index contributed by atoms with van der Waals surface area (Å²) in [4.78, 5) is 26.8. The summed E-state index contributed by atoms with van der Waals surface area (Å²) in [5.41, 5.74) is -0.379. The lowest BCUT2D eigenvalue weighted by molar-refractivity contribution is -0.137. The van der Waals surface area contributed by atoms with Gasteiger partial charge < -0.3 is 15.2 Å². The largest absolute Gasteiger partial charge is 0.504 e. The second-order valence-electron chi connectivity index (χ2n) is 6.73. The van der Waals surface area contributed by atoms with E-state index in [4.69, 9.17) is 17.0 Å². The van der Waals surface area contributed by atoms with Crippen molar-refractivity contribution in [1.82, 2.24) is 4.90 Å². The maximum atomic E-state index is 12.9. The number of hydrogen-bond donors (Lipinski definition) is 2. The molecule has 11 heteroatoms. The summed E-state index contributed by atoms with van der Waals surface area (Å²) in [6, 6.07) is 7.67. The number of nitrogens with zero attached hydrogens (tertiary/aromatic N) is 1. The molecule has 2 amide bonds. The number of carbonyl (C=O) groups is 2. The van der Waals surface area contributed by atoms with Crippen LogP contribution in [0.3, 0.4) is 0 Å². The molecule has 168 valence electrons. The number of aromatic hydroxyl groups is 1. The zero-order chi connectivity index (χ0) is 23.6. The van der Waals surface area contributed by atoms with E-state index >= 15 is 0 Å². The molecule has 1 heterocycles. The van der Waals surface area contributed by atoms with Gasteiger partial charge in [0.2, 0.25) is 5.91 Å². The molecule has 6 nitrogen and oxygen atoms in total. The maximum Gasteiger partial charge on any atom is 0.416 e. The standard InChI is InChI=1S/C21H17F3N2O4S2/c1-11(18(28)25-14-5-3-4-13(10-14)21(22,23)24)26-19(29)17(32-20(26)31)9-12-6-7-15(27)16(8-12)30-2/h3-11,27H,1-2H3,(H,25,28)/b17-9-. The lowest BCUT2D eigenvalue weighted by atomic mass is 10.1. The van der Waals surface area contributed by atoms with Gasteiger partial charge in [-0.15, -0.1) is 0 Å². The van der Waals surface area contributed by atoms with E-state index in [1.165, 1.54) is 38.3 Å². The van der Waals surface area contributed by atoms with Gasteiger partial charge in [-0.2, -0.15) is 13.2 Å². The number of nitrogens with one attached hydrogen (secondary N) is 1. The molecular weight excluding hydrogens is 465 g/mol. The number of methoxy groups -OCH3 is 1. The molecule has 0 saturated carbocycles. The van der Waals surface area contributed by atoms with Crippen molar-refractivity contribution in [3.05, 3.63) is 58.5 Å². The number of thiocarbonyl (C=S) groups is 1. The van der Waals surface area contributed by atoms with Crippen molar-refractivity contribution in [2.24, 2.45) is 0 Å². The average Bonchev–Trinajstić information content (AvgIpc) is 3.01. The van der Waals surface area contributed by atoms with E-state index < -0.39 is 29.6 Å². The Kier molecular flexibility index (Phi) is 6.79. The van der Waals surface area contributed by atoms with Crippen molar-refractivity contribution < 1.29 is 32.6 Å². The molecule has 0 bridgehead atoms. The number of phenolic OH excluding ortho intramolecular Hbond substituents is 1. The lowest BCUT2D eigenvalue weighted by Gasteiger charge is -2.22. The minimum atomic E-state index is -4.55. The SMILES string of the molecule is COc1cc(/C=C2\SC(=S)N(C(C)C(=O)Nc3cccc(C(F)(F)F)c3)C2=O)ccc1O. The Bertz CT molecular complexity index is 1120. The predicted octanol–water partition coefficient (Wildman–Crippen LogP) is 4.65. The maximum absolute atomic E-state index is 12.9. The minimum Gasteiger partial charge on any atom is -0.504 e. The highest BCUT2D eigenvalue weighted by Gasteiger charge is 2.38. The number of anilines is 1. The van der Waals surface area contributed by atoms with Crippen molar-refractivity contribution >= 4 is 51.9 Å². The van der Waals surface area contributed by atoms with Crippen molar-refractivity contribution in [1.29, 1.82) is 0 Å². The number of carbonyl (C=O) groups excluding carboxylic acids is 2. The summed E-state index contributed by atoms with van der Waals surface area (Å²) in [6.07, 6.45) is -3.01. The van der Waals surface area contributed by atoms with Gasteiger partial charge in [-0.05, 0) is 48.9 Å². The molecule has 1 saturated heterocycles. The Morgan fingerprint density at radius 1 is 1.28 bits per heavy atom. The lowest BCUT2D eigenvalue weighted by Crippen LogP contribution is -2.44. The van der Waals surface area contributed by atoms with Crippen LogP contribution in [0.4, 0.5) is 18.9 Å². The Labute approximate surface area is 191 Å². The smallest absolute Gasteiger partial charge is 0.416 e. The van der Waals surface area contributed by atoms with Crippen LogP contribution in [0, 0.1) is 0 Å². The summed E-state index contributed by atoms with van der Waals surface area (Å²) in [5, 5.41) is 12.1. The molecule has 2 N–H and O–H groups in total. The number of amides is 2. The van der Waals surface area contributed by atoms with E-state index in [1.807, 2.05) is 0 Å². The van der Waals surface area contributed by atoms with Gasteiger partial charge in [0.05, 0.1) is 17.6 Å². The van der Waals surface area contributed by atoms with Crippen molar-refractivity contribution in [3.8, 4) is 11.5 Å². The summed E-state index contributed by atoms with van der Waals surface area (Å²) in [5.74, 6) is -1.04. The van der Waals surface area contributed by atoms with Crippen LogP contribution >= 0.6 is 24.0 Å². The van der Waals surface area contributed by atoms with Crippen LogP contribution in [-0.4, -0.2) is 39.3 Å². The number of benzene rings is 2. The van der Waals surface area contributed by atoms with Crippen LogP contribution in [-0.2, 0) is 15.8 Å². The van der Waals surface area contributed by atoms with Crippen LogP contribution in [0.1, 0.15) is 18.1 Å². The molecule has 1 unspecified atom stereocenters. The topological polar surface area (TPSA) is 78.9 Å². The number of phenols is 1. The van der Waals surface area contributed by atoms with E-state index in [2.05, 4.69) is 5.32 Å². The van der Waals surface area contributed by atoms with Gasteiger partial charge in [0, 0.05) is 5.69 Å². The fourth-order valence-corrected chi connectivity index (χ4v) is 4.30. The molecule has 0 radical (unpaired) electrons. The summed E-state index contributed by atoms with van der Waals surface area (Å²) in [7, 11) is 1.39. The van der Waals surface area contributed by atoms with Crippen LogP contribution in [0.5, 0.6) is 11.5 Å². The molecule has 1 aliphatic heterocycles. The quantitative estimate of drug-likeness (QED) is 0.477. The van der Waals surface area contributed by atoms with E-state index in [0.29, 0.717) is 5.56 Å². The van der Waals surface area contributed by atoms with Gasteiger partial charge >= 0.3 is 6.18 Å². The first-order chi connectivity index (χ1) is 15.0. The Hall–Kier alpha value is -3.05. The van der Waals surface area contributed by atoms with Crippen LogP contribution in [0.25, 0.3) is 6.08 Å². The summed E-state index contributed by atoms with van der Waals surface area (Å²) < 4.78 is 43.9. The molecule has 2 aromatic carbocycles. The molecule has 0 spiro atoms. The highest BCUT2D eigenvalue weighted by Crippen LogP contribution is 2.36. The zero-order valence-corrected chi connectivity index (χ0v) is 18.4. The number of alkyl halides is 3. The van der Waals surface area contributed by atoms with Crippen LogP contribution < -0.4 is 10.1 Å². The fraction of sp³-hybridized carbons (Fsp3) is 0.190. The molecule has 1 atom stereocenters. The summed E-state index contributed by atoms with van der Waals surface area (Å²) in [6.45, 7) is 1.43. The van der Waals surface area contributed by atoms with Crippen molar-refractivity contribution in [2.45, 2.75) is 19.1 Å². The molecule has 3 rings (SSSR count). The van der Waals surface area contributed by atoms with Gasteiger partial charge in [0.25, 0.3) is 5.91 Å². The molecule has 1 fully saturated rings. The van der Waals surface area contributed by atoms with Gasteiger partial charge in [0.15, 0.2) is 11.5 Å². The molecule has 2 aromatic rings. The first kappa shape index (κ1) is 23.6. The Balaban J connectivity index is 1.77. The molecule has 0 aromatic heterocycles. The van der Waals surface area contributed by atoms with Gasteiger partial charge in [0.1, 0.15) is 10.4 Å². The number of ether oxygens (including phenoxy) is 1. The van der Waals surface area contributed by atoms with Gasteiger partial charge in [-0.25, -0.2) is 0 Å². The highest BCUT2D eigenvalue weighted by molar-refractivity contribution is 8.26. The fourth-order valence-electron chi connectivity index (χ4n) is 2.89. The first-order valence-electron chi connectivity index (χ1n) is 9.13. The van der Waals surface area contributed by atoms with Crippen molar-refractivity contribution in [3.63, 3.8) is 0 Å². The Morgan fingerprint density at radius 3 is 2.66 bits per heavy atom. The van der Waals surface area contributed by atoms with Crippen LogP contribution in [0.2, 0.25) is 0 Å². The van der Waals surface area contributed by atoms with E-state index in [9.17, 15) is 27.9 Å². The van der Waals surface area contributed by atoms with E-state index in [-0.39, 0.29) is 26.4 Å². The van der Waals surface area contributed by atoms with Crippen molar-refractivity contribution in [2.75, 3.05) is 12.4 Å². The molecule has 0 aliphatic carbocycles. The minimum absolute atomic E-state index is 0.0474. The Morgan fingerprint density at radius 2 is 2.00 bits per heavy atom. The summed E-state index contributed by atoms with van der Waals surface area (Å²) >= 11 is 6.23.